The smallest absolute Gasteiger partial charge is 0.338 e. The van der Waals surface area contributed by atoms with E-state index in [1.165, 1.54) is 7.11 Å². The van der Waals surface area contributed by atoms with Crippen LogP contribution in [0.3, 0.4) is 0 Å². The molecular formula is C10H12N4O2. The summed E-state index contributed by atoms with van der Waals surface area (Å²) in [4.78, 5) is 11.3. The number of pyridine rings is 1. The normalized spacial score (nSPS) is 10.6. The van der Waals surface area contributed by atoms with Crippen molar-refractivity contribution >= 4 is 11.6 Å². The maximum absolute atomic E-state index is 11.3. The molecule has 84 valence electrons. The molecule has 2 heterocycles. The van der Waals surface area contributed by atoms with Crippen molar-refractivity contribution < 1.29 is 9.53 Å². The van der Waals surface area contributed by atoms with Crippen LogP contribution in [0.4, 0.5) is 0 Å². The van der Waals surface area contributed by atoms with Gasteiger partial charge in [0.2, 0.25) is 0 Å². The van der Waals surface area contributed by atoms with Crippen LogP contribution in [0.2, 0.25) is 0 Å². The monoisotopic (exact) mass is 220 g/mol. The Labute approximate surface area is 92.2 Å². The first-order chi connectivity index (χ1) is 7.76. The average Bonchev–Trinajstić information content (AvgIpc) is 2.71. The summed E-state index contributed by atoms with van der Waals surface area (Å²) in [6.45, 7) is 0.624. The van der Waals surface area contributed by atoms with Crippen molar-refractivity contribution in [3.05, 3.63) is 29.7 Å². The summed E-state index contributed by atoms with van der Waals surface area (Å²) in [6, 6.07) is 3.33. The number of esters is 1. The van der Waals surface area contributed by atoms with Crippen LogP contribution in [0.5, 0.6) is 0 Å². The molecule has 6 heteroatoms. The molecule has 2 aromatic heterocycles. The molecule has 0 amide bonds. The number of nitrogens with one attached hydrogen (secondary N) is 1. The van der Waals surface area contributed by atoms with E-state index in [1.54, 1.807) is 18.3 Å². The summed E-state index contributed by atoms with van der Waals surface area (Å²) >= 11 is 0. The van der Waals surface area contributed by atoms with Crippen LogP contribution >= 0.6 is 0 Å². The fraction of sp³-hybridized carbons (Fsp3) is 0.300. The number of aromatic nitrogens is 3. The Hall–Kier alpha value is -1.95. The fourth-order valence-corrected chi connectivity index (χ4v) is 1.46. The summed E-state index contributed by atoms with van der Waals surface area (Å²) in [5, 5.41) is 11.0. The summed E-state index contributed by atoms with van der Waals surface area (Å²) in [5.74, 6) is 0.426. The van der Waals surface area contributed by atoms with Crippen molar-refractivity contribution in [3.63, 3.8) is 0 Å². The molecule has 0 spiro atoms. The van der Waals surface area contributed by atoms with E-state index in [0.29, 0.717) is 17.8 Å². The minimum Gasteiger partial charge on any atom is -0.465 e. The lowest BCUT2D eigenvalue weighted by Crippen LogP contribution is -2.09. The van der Waals surface area contributed by atoms with Crippen molar-refractivity contribution in [1.29, 1.82) is 0 Å². The van der Waals surface area contributed by atoms with Crippen LogP contribution in [0.15, 0.2) is 18.3 Å². The summed E-state index contributed by atoms with van der Waals surface area (Å²) in [7, 11) is 3.19. The number of rotatable bonds is 3. The van der Waals surface area contributed by atoms with Gasteiger partial charge in [-0.3, -0.25) is 4.40 Å². The van der Waals surface area contributed by atoms with E-state index in [-0.39, 0.29) is 5.97 Å². The van der Waals surface area contributed by atoms with E-state index in [4.69, 9.17) is 0 Å². The van der Waals surface area contributed by atoms with Crippen LogP contribution < -0.4 is 5.32 Å². The van der Waals surface area contributed by atoms with Gasteiger partial charge in [0, 0.05) is 6.20 Å². The van der Waals surface area contributed by atoms with Gasteiger partial charge in [-0.2, -0.15) is 0 Å². The molecular weight excluding hydrogens is 208 g/mol. The Morgan fingerprint density at radius 3 is 3.06 bits per heavy atom. The third-order valence-electron chi connectivity index (χ3n) is 2.24. The molecule has 0 aliphatic heterocycles. The van der Waals surface area contributed by atoms with Gasteiger partial charge in [0.1, 0.15) is 0 Å². The number of hydrogen-bond donors (Lipinski definition) is 1. The van der Waals surface area contributed by atoms with Gasteiger partial charge in [0.15, 0.2) is 11.5 Å². The van der Waals surface area contributed by atoms with Crippen LogP contribution in [-0.2, 0) is 11.3 Å². The number of fused-ring (bicyclic) bond motifs is 1. The quantitative estimate of drug-likeness (QED) is 0.750. The molecule has 16 heavy (non-hydrogen) atoms. The second-order valence-corrected chi connectivity index (χ2v) is 3.28. The van der Waals surface area contributed by atoms with E-state index in [9.17, 15) is 4.79 Å². The maximum Gasteiger partial charge on any atom is 0.338 e. The zero-order chi connectivity index (χ0) is 11.5. The number of nitrogens with zero attached hydrogens (tertiary/aromatic N) is 3. The predicted molar refractivity (Wildman–Crippen MR) is 57.1 cm³/mol. The zero-order valence-electron chi connectivity index (χ0n) is 9.10. The van der Waals surface area contributed by atoms with Gasteiger partial charge in [0.05, 0.1) is 19.2 Å². The molecule has 1 N–H and O–H groups in total. The average molecular weight is 220 g/mol. The second-order valence-electron chi connectivity index (χ2n) is 3.28. The molecule has 0 aromatic carbocycles. The van der Waals surface area contributed by atoms with Gasteiger partial charge in [-0.1, -0.05) is 0 Å². The molecule has 0 aliphatic rings. The lowest BCUT2D eigenvalue weighted by molar-refractivity contribution is 0.0600. The third-order valence-corrected chi connectivity index (χ3v) is 2.24. The fourth-order valence-electron chi connectivity index (χ4n) is 1.46. The third kappa shape index (κ3) is 1.74. The predicted octanol–water partition coefficient (Wildman–Crippen LogP) is 0.235. The summed E-state index contributed by atoms with van der Waals surface area (Å²) in [5.41, 5.74) is 1.10. The van der Waals surface area contributed by atoms with Crippen LogP contribution in [0, 0.1) is 0 Å². The van der Waals surface area contributed by atoms with Crippen LogP contribution in [0.25, 0.3) is 5.65 Å². The molecule has 2 rings (SSSR count). The number of methoxy groups -OCH3 is 1. The number of hydrogen-bond acceptors (Lipinski definition) is 5. The van der Waals surface area contributed by atoms with Gasteiger partial charge in [0.25, 0.3) is 0 Å². The standard InChI is InChI=1S/C10H12N4O2/c1-11-6-9-13-12-8-5-7(10(15)16-2)3-4-14(8)9/h3-5,11H,6H2,1-2H3. The minimum atomic E-state index is -0.374. The lowest BCUT2D eigenvalue weighted by atomic mass is 10.2. The lowest BCUT2D eigenvalue weighted by Gasteiger charge is -2.01. The molecule has 6 nitrogen and oxygen atoms in total. The Morgan fingerprint density at radius 2 is 2.38 bits per heavy atom. The van der Waals surface area contributed by atoms with E-state index in [1.807, 2.05) is 11.4 Å². The second kappa shape index (κ2) is 4.28. The molecule has 0 radical (unpaired) electrons. The van der Waals surface area contributed by atoms with Crippen molar-refractivity contribution in [2.45, 2.75) is 6.54 Å². The zero-order valence-corrected chi connectivity index (χ0v) is 9.10. The van der Waals surface area contributed by atoms with Gasteiger partial charge in [-0.15, -0.1) is 10.2 Å². The number of carbonyl (C=O) groups is 1. The molecule has 0 fully saturated rings. The van der Waals surface area contributed by atoms with Crippen LogP contribution in [-0.4, -0.2) is 34.7 Å². The highest BCUT2D eigenvalue weighted by molar-refractivity contribution is 5.90. The molecule has 0 saturated carbocycles. The highest BCUT2D eigenvalue weighted by Crippen LogP contribution is 2.08. The summed E-state index contributed by atoms with van der Waals surface area (Å²) in [6.07, 6.45) is 1.76. The first kappa shape index (κ1) is 10.6. The van der Waals surface area contributed by atoms with Gasteiger partial charge < -0.3 is 10.1 Å². The number of carbonyl (C=O) groups excluding carboxylic acids is 1. The summed E-state index contributed by atoms with van der Waals surface area (Å²) < 4.78 is 6.45. The molecule has 2 aromatic rings. The highest BCUT2D eigenvalue weighted by Gasteiger charge is 2.09. The minimum absolute atomic E-state index is 0.374. The number of ether oxygens (including phenoxy) is 1. The Balaban J connectivity index is 2.44. The molecule has 0 atom stereocenters. The van der Waals surface area contributed by atoms with Crippen molar-refractivity contribution in [2.24, 2.45) is 0 Å². The topological polar surface area (TPSA) is 68.5 Å². The molecule has 0 bridgehead atoms. The molecule has 0 aliphatic carbocycles. The van der Waals surface area contributed by atoms with E-state index in [0.717, 1.165) is 5.82 Å². The highest BCUT2D eigenvalue weighted by atomic mass is 16.5. The van der Waals surface area contributed by atoms with E-state index in [2.05, 4.69) is 20.3 Å². The SMILES string of the molecule is CNCc1nnc2cc(C(=O)OC)ccn12. The molecule has 0 saturated heterocycles. The van der Waals surface area contributed by atoms with Gasteiger partial charge >= 0.3 is 5.97 Å². The maximum atomic E-state index is 11.3. The largest absolute Gasteiger partial charge is 0.465 e. The Kier molecular flexibility index (Phi) is 2.82. The Bertz CT molecular complexity index is 521. The van der Waals surface area contributed by atoms with Crippen molar-refractivity contribution in [1.82, 2.24) is 19.9 Å². The van der Waals surface area contributed by atoms with Gasteiger partial charge in [-0.25, -0.2) is 4.79 Å². The first-order valence-corrected chi connectivity index (χ1v) is 4.83. The van der Waals surface area contributed by atoms with Crippen molar-refractivity contribution in [3.8, 4) is 0 Å². The van der Waals surface area contributed by atoms with Crippen molar-refractivity contribution in [2.75, 3.05) is 14.2 Å². The van der Waals surface area contributed by atoms with E-state index >= 15 is 0 Å². The van der Waals surface area contributed by atoms with Crippen LogP contribution in [0.1, 0.15) is 16.2 Å². The van der Waals surface area contributed by atoms with E-state index < -0.39 is 0 Å². The van der Waals surface area contributed by atoms with Gasteiger partial charge in [-0.05, 0) is 19.2 Å². The Morgan fingerprint density at radius 1 is 1.56 bits per heavy atom. The first-order valence-electron chi connectivity index (χ1n) is 4.83. The molecule has 0 unspecified atom stereocenters.